The summed E-state index contributed by atoms with van der Waals surface area (Å²) >= 11 is 0. The van der Waals surface area contributed by atoms with E-state index in [1.165, 1.54) is 19.5 Å². The van der Waals surface area contributed by atoms with E-state index in [4.69, 9.17) is 9.47 Å². The first-order valence-corrected chi connectivity index (χ1v) is 11.2. The topological polar surface area (TPSA) is 119 Å². The first kappa shape index (κ1) is 22.5. The molecular formula is C24H26N8O3. The third-order valence-corrected chi connectivity index (χ3v) is 6.02. The fourth-order valence-corrected chi connectivity index (χ4v) is 4.33. The maximum absolute atomic E-state index is 12.3. The lowest BCUT2D eigenvalue weighted by Gasteiger charge is -2.32. The first-order chi connectivity index (χ1) is 17.1. The molecule has 0 bridgehead atoms. The molecule has 0 amide bonds. The molecule has 4 aromatic rings. The molecule has 3 aromatic heterocycles. The van der Waals surface area contributed by atoms with Crippen molar-refractivity contribution >= 4 is 39.9 Å². The van der Waals surface area contributed by atoms with Gasteiger partial charge in [-0.2, -0.15) is 0 Å². The van der Waals surface area contributed by atoms with E-state index in [0.29, 0.717) is 19.0 Å². The van der Waals surface area contributed by atoms with Crippen LogP contribution in [0.5, 0.6) is 0 Å². The van der Waals surface area contributed by atoms with Crippen LogP contribution in [-0.4, -0.2) is 70.9 Å². The number of morpholine rings is 1. The summed E-state index contributed by atoms with van der Waals surface area (Å²) in [5.74, 6) is -0.280. The molecule has 0 radical (unpaired) electrons. The van der Waals surface area contributed by atoms with Gasteiger partial charge in [-0.15, -0.1) is 0 Å². The number of nitrogens with one attached hydrogen (secondary N) is 2. The third-order valence-electron chi connectivity index (χ3n) is 6.02. The second-order valence-electron chi connectivity index (χ2n) is 8.01. The van der Waals surface area contributed by atoms with Gasteiger partial charge in [-0.3, -0.25) is 4.98 Å². The number of imidazole rings is 1. The second-order valence-corrected chi connectivity index (χ2v) is 8.01. The Kier molecular flexibility index (Phi) is 6.15. The molecule has 5 rings (SSSR count). The predicted octanol–water partition coefficient (Wildman–Crippen LogP) is 2.83. The number of anilines is 4. The Labute approximate surface area is 202 Å². The van der Waals surface area contributed by atoms with E-state index in [-0.39, 0.29) is 5.69 Å². The average molecular weight is 475 g/mol. The van der Waals surface area contributed by atoms with E-state index < -0.39 is 5.97 Å². The van der Waals surface area contributed by atoms with Gasteiger partial charge in [0.2, 0.25) is 0 Å². The number of carbonyl (C=O) groups is 1. The van der Waals surface area contributed by atoms with E-state index in [1.54, 1.807) is 18.7 Å². The van der Waals surface area contributed by atoms with Gasteiger partial charge in [-0.05, 0) is 12.1 Å². The summed E-state index contributed by atoms with van der Waals surface area (Å²) in [5, 5.41) is 6.70. The third kappa shape index (κ3) is 4.10. The summed E-state index contributed by atoms with van der Waals surface area (Å²) in [4.78, 5) is 32.3. The molecule has 11 nitrogen and oxygen atoms in total. The SMILES string of the molecule is CNc1c(N2CCOCC2)ccc(Nc2nccnc2C(=O)OC)c1-c1cncc2c1ncn2C. The highest BCUT2D eigenvalue weighted by molar-refractivity contribution is 6.04. The van der Waals surface area contributed by atoms with E-state index in [2.05, 4.69) is 35.5 Å². The van der Waals surface area contributed by atoms with E-state index in [9.17, 15) is 4.79 Å². The van der Waals surface area contributed by atoms with Gasteiger partial charge in [-0.25, -0.2) is 19.7 Å². The molecule has 1 aliphatic heterocycles. The largest absolute Gasteiger partial charge is 0.464 e. The number of pyridine rings is 1. The minimum absolute atomic E-state index is 0.0957. The van der Waals surface area contributed by atoms with Crippen LogP contribution in [0.4, 0.5) is 22.9 Å². The number of rotatable bonds is 6. The number of esters is 1. The van der Waals surface area contributed by atoms with Crippen molar-refractivity contribution in [2.75, 3.05) is 56.0 Å². The molecule has 1 saturated heterocycles. The number of methoxy groups -OCH3 is 1. The predicted molar refractivity (Wildman–Crippen MR) is 133 cm³/mol. The summed E-state index contributed by atoms with van der Waals surface area (Å²) in [7, 11) is 5.14. The molecule has 4 heterocycles. The highest BCUT2D eigenvalue weighted by Crippen LogP contribution is 2.44. The van der Waals surface area contributed by atoms with Crippen LogP contribution in [0.25, 0.3) is 22.2 Å². The van der Waals surface area contributed by atoms with Crippen molar-refractivity contribution < 1.29 is 14.3 Å². The maximum Gasteiger partial charge on any atom is 0.360 e. The minimum Gasteiger partial charge on any atom is -0.464 e. The number of ether oxygens (including phenoxy) is 2. The standard InChI is InChI=1S/C24H26N8O3/c1-25-21-17(32-8-10-35-11-9-32)5-4-16(30-23-22(24(33)34-3)27-6-7-28-23)19(21)15-12-26-13-18-20(15)29-14-31(18)2/h4-7,12-14,25H,8-11H2,1-3H3,(H,28,30). The van der Waals surface area contributed by atoms with Crippen LogP contribution in [0, 0.1) is 0 Å². The molecule has 2 N–H and O–H groups in total. The fourth-order valence-electron chi connectivity index (χ4n) is 4.33. The van der Waals surface area contributed by atoms with Gasteiger partial charge < -0.3 is 29.6 Å². The lowest BCUT2D eigenvalue weighted by molar-refractivity contribution is 0.0595. The van der Waals surface area contributed by atoms with Crippen LogP contribution in [0.15, 0.2) is 43.2 Å². The van der Waals surface area contributed by atoms with Crippen LogP contribution in [-0.2, 0) is 16.5 Å². The molecule has 0 aliphatic carbocycles. The zero-order valence-electron chi connectivity index (χ0n) is 19.8. The molecule has 0 atom stereocenters. The van der Waals surface area contributed by atoms with Gasteiger partial charge in [0.15, 0.2) is 11.5 Å². The summed E-state index contributed by atoms with van der Waals surface area (Å²) in [6.07, 6.45) is 8.35. The lowest BCUT2D eigenvalue weighted by atomic mass is 9.99. The molecular weight excluding hydrogens is 448 g/mol. The molecule has 0 unspecified atom stereocenters. The monoisotopic (exact) mass is 474 g/mol. The Morgan fingerprint density at radius 3 is 2.69 bits per heavy atom. The molecule has 180 valence electrons. The number of hydrogen-bond donors (Lipinski definition) is 2. The van der Waals surface area contributed by atoms with Crippen molar-refractivity contribution in [2.24, 2.45) is 7.05 Å². The quantitative estimate of drug-likeness (QED) is 0.404. The number of aryl methyl sites for hydroxylation is 1. The van der Waals surface area contributed by atoms with Gasteiger partial charge in [0.1, 0.15) is 0 Å². The highest BCUT2D eigenvalue weighted by Gasteiger charge is 2.24. The molecule has 11 heteroatoms. The summed E-state index contributed by atoms with van der Waals surface area (Å²) in [5.41, 5.74) is 6.17. The summed E-state index contributed by atoms with van der Waals surface area (Å²) in [6, 6.07) is 4.02. The fraction of sp³-hybridized carbons (Fsp3) is 0.292. The van der Waals surface area contributed by atoms with Crippen molar-refractivity contribution in [3.05, 3.63) is 48.9 Å². The van der Waals surface area contributed by atoms with Crippen molar-refractivity contribution in [3.8, 4) is 11.1 Å². The number of aromatic nitrogens is 5. The molecule has 0 spiro atoms. The first-order valence-electron chi connectivity index (χ1n) is 11.2. The normalized spacial score (nSPS) is 13.6. The van der Waals surface area contributed by atoms with Crippen molar-refractivity contribution in [3.63, 3.8) is 0 Å². The molecule has 35 heavy (non-hydrogen) atoms. The Hall–Kier alpha value is -4.25. The number of carbonyl (C=O) groups excluding carboxylic acids is 1. The minimum atomic E-state index is -0.575. The Morgan fingerprint density at radius 2 is 1.91 bits per heavy atom. The Bertz CT molecular complexity index is 1380. The second kappa shape index (κ2) is 9.55. The van der Waals surface area contributed by atoms with E-state index in [1.807, 2.05) is 30.8 Å². The van der Waals surface area contributed by atoms with Crippen LogP contribution in [0.1, 0.15) is 10.5 Å². The number of benzene rings is 1. The Balaban J connectivity index is 1.73. The number of hydrogen-bond acceptors (Lipinski definition) is 10. The zero-order chi connectivity index (χ0) is 24.4. The molecule has 1 fully saturated rings. The van der Waals surface area contributed by atoms with Crippen LogP contribution in [0.2, 0.25) is 0 Å². The van der Waals surface area contributed by atoms with Crippen molar-refractivity contribution in [1.29, 1.82) is 0 Å². The lowest BCUT2D eigenvalue weighted by Crippen LogP contribution is -2.36. The van der Waals surface area contributed by atoms with Gasteiger partial charge in [0.05, 0.1) is 55.3 Å². The smallest absolute Gasteiger partial charge is 0.360 e. The maximum atomic E-state index is 12.3. The molecule has 1 aliphatic rings. The van der Waals surface area contributed by atoms with Gasteiger partial charge in [0, 0.05) is 62.6 Å². The van der Waals surface area contributed by atoms with Gasteiger partial charge in [-0.1, -0.05) is 0 Å². The number of fused-ring (bicyclic) bond motifs is 1. The zero-order valence-corrected chi connectivity index (χ0v) is 19.8. The molecule has 1 aromatic carbocycles. The van der Waals surface area contributed by atoms with Gasteiger partial charge >= 0.3 is 5.97 Å². The van der Waals surface area contributed by atoms with E-state index >= 15 is 0 Å². The van der Waals surface area contributed by atoms with Crippen LogP contribution in [0.3, 0.4) is 0 Å². The highest BCUT2D eigenvalue weighted by atomic mass is 16.5. The van der Waals surface area contributed by atoms with Crippen LogP contribution >= 0.6 is 0 Å². The van der Waals surface area contributed by atoms with Crippen molar-refractivity contribution in [2.45, 2.75) is 0 Å². The van der Waals surface area contributed by atoms with Gasteiger partial charge in [0.25, 0.3) is 0 Å². The van der Waals surface area contributed by atoms with Crippen LogP contribution < -0.4 is 15.5 Å². The van der Waals surface area contributed by atoms with Crippen molar-refractivity contribution in [1.82, 2.24) is 24.5 Å². The number of nitrogens with zero attached hydrogens (tertiary/aromatic N) is 6. The average Bonchev–Trinajstić information content (AvgIpc) is 3.29. The summed E-state index contributed by atoms with van der Waals surface area (Å²) in [6.45, 7) is 2.89. The summed E-state index contributed by atoms with van der Waals surface area (Å²) < 4.78 is 12.4. The van der Waals surface area contributed by atoms with E-state index in [0.717, 1.165) is 52.3 Å². The molecule has 0 saturated carbocycles. The Morgan fingerprint density at radius 1 is 1.11 bits per heavy atom.